The molecule has 1 atom stereocenters. The zero-order valence-corrected chi connectivity index (χ0v) is 12.6. The summed E-state index contributed by atoms with van der Waals surface area (Å²) in [5.74, 6) is 0. The Kier molecular flexibility index (Phi) is 6.34. The lowest BCUT2D eigenvalue weighted by Gasteiger charge is -2.27. The van der Waals surface area contributed by atoms with E-state index in [9.17, 15) is 0 Å². The lowest BCUT2D eigenvalue weighted by molar-refractivity contribution is 0.279. The third kappa shape index (κ3) is 4.22. The molecule has 1 fully saturated rings. The maximum Gasteiger partial charge on any atom is 0.0431 e. The minimum atomic E-state index is 0.312. The van der Waals surface area contributed by atoms with Gasteiger partial charge >= 0.3 is 0 Å². The molecule has 0 aromatic heterocycles. The van der Waals surface area contributed by atoms with Crippen molar-refractivity contribution >= 4 is 5.69 Å². The van der Waals surface area contributed by atoms with Crippen LogP contribution in [0.15, 0.2) is 24.3 Å². The molecule has 1 aromatic carbocycles. The quantitative estimate of drug-likeness (QED) is 0.717. The molecule has 112 valence electrons. The van der Waals surface area contributed by atoms with Gasteiger partial charge in [0.1, 0.15) is 0 Å². The molecular weight excluding hydrogens is 248 g/mol. The summed E-state index contributed by atoms with van der Waals surface area (Å²) in [4.78, 5) is 2.51. The predicted octanol–water partition coefficient (Wildman–Crippen LogP) is 2.93. The highest BCUT2D eigenvalue weighted by atomic mass is 16.2. The smallest absolute Gasteiger partial charge is 0.0431 e. The van der Waals surface area contributed by atoms with Crippen molar-refractivity contribution in [2.45, 2.75) is 51.6 Å². The van der Waals surface area contributed by atoms with E-state index in [0.29, 0.717) is 12.6 Å². The van der Waals surface area contributed by atoms with Crippen LogP contribution in [-0.4, -0.2) is 30.8 Å². The van der Waals surface area contributed by atoms with E-state index < -0.39 is 0 Å². The molecule has 0 aliphatic carbocycles. The number of aliphatic hydroxyl groups excluding tert-OH is 1. The molecule has 0 spiro atoms. The summed E-state index contributed by atoms with van der Waals surface area (Å²) < 4.78 is 0. The number of nitrogens with one attached hydrogen (secondary N) is 1. The van der Waals surface area contributed by atoms with Gasteiger partial charge in [-0.2, -0.15) is 0 Å². The van der Waals surface area contributed by atoms with Crippen molar-refractivity contribution in [3.05, 3.63) is 29.8 Å². The van der Waals surface area contributed by atoms with Crippen LogP contribution < -0.4 is 10.2 Å². The highest BCUT2D eigenvalue weighted by Crippen LogP contribution is 2.28. The molecule has 20 heavy (non-hydrogen) atoms. The second kappa shape index (κ2) is 8.28. The summed E-state index contributed by atoms with van der Waals surface area (Å²) in [6, 6.07) is 9.59. The van der Waals surface area contributed by atoms with Gasteiger partial charge < -0.3 is 15.3 Å². The van der Waals surface area contributed by atoms with Crippen LogP contribution in [0.4, 0.5) is 5.69 Å². The largest absolute Gasteiger partial charge is 0.396 e. The number of aliphatic hydroxyl groups is 1. The fraction of sp³-hybridized carbons (Fsp3) is 0.647. The molecule has 3 heteroatoms. The average Bonchev–Trinajstić information content (AvgIpc) is 2.94. The Morgan fingerprint density at radius 3 is 2.80 bits per heavy atom. The van der Waals surface area contributed by atoms with Crippen molar-refractivity contribution < 1.29 is 5.11 Å². The fourth-order valence-electron chi connectivity index (χ4n) is 3.02. The number of hydrogen-bond acceptors (Lipinski definition) is 3. The lowest BCUT2D eigenvalue weighted by atomic mass is 10.1. The summed E-state index contributed by atoms with van der Waals surface area (Å²) >= 11 is 0. The Hall–Kier alpha value is -1.06. The van der Waals surface area contributed by atoms with Crippen LogP contribution in [0, 0.1) is 0 Å². The van der Waals surface area contributed by atoms with Gasteiger partial charge in [-0.05, 0) is 56.3 Å². The first-order valence-corrected chi connectivity index (χ1v) is 8.02. The van der Waals surface area contributed by atoms with Crippen molar-refractivity contribution in [3.8, 4) is 0 Å². The predicted molar refractivity (Wildman–Crippen MR) is 85.1 cm³/mol. The maximum absolute atomic E-state index is 9.00. The maximum atomic E-state index is 9.00. The third-order valence-corrected chi connectivity index (χ3v) is 4.10. The van der Waals surface area contributed by atoms with Gasteiger partial charge in [-0.25, -0.2) is 0 Å². The highest BCUT2D eigenvalue weighted by Gasteiger charge is 2.23. The van der Waals surface area contributed by atoms with E-state index in [1.54, 1.807) is 0 Å². The van der Waals surface area contributed by atoms with Crippen molar-refractivity contribution in [2.24, 2.45) is 0 Å². The molecule has 3 nitrogen and oxygen atoms in total. The van der Waals surface area contributed by atoms with Crippen molar-refractivity contribution in [2.75, 3.05) is 24.6 Å². The van der Waals surface area contributed by atoms with E-state index in [2.05, 4.69) is 41.4 Å². The normalized spacial score (nSPS) is 18.7. The highest BCUT2D eigenvalue weighted by molar-refractivity contribution is 5.49. The summed E-state index contributed by atoms with van der Waals surface area (Å²) in [7, 11) is 0. The Labute approximate surface area is 123 Å². The van der Waals surface area contributed by atoms with Gasteiger partial charge in [-0.15, -0.1) is 0 Å². The minimum Gasteiger partial charge on any atom is -0.396 e. The van der Waals surface area contributed by atoms with Crippen LogP contribution in [0.2, 0.25) is 0 Å². The van der Waals surface area contributed by atoms with Gasteiger partial charge in [-0.1, -0.05) is 19.1 Å². The monoisotopic (exact) mass is 276 g/mol. The topological polar surface area (TPSA) is 35.5 Å². The first-order valence-electron chi connectivity index (χ1n) is 8.02. The number of rotatable bonds is 8. The molecule has 1 saturated heterocycles. The molecular formula is C17H28N2O. The Bertz CT molecular complexity index is 377. The van der Waals surface area contributed by atoms with Gasteiger partial charge in [0.15, 0.2) is 0 Å². The van der Waals surface area contributed by atoms with E-state index in [-0.39, 0.29) is 0 Å². The van der Waals surface area contributed by atoms with Crippen LogP contribution in [0.25, 0.3) is 0 Å². The Morgan fingerprint density at radius 2 is 2.10 bits per heavy atom. The molecule has 0 bridgehead atoms. The summed E-state index contributed by atoms with van der Waals surface area (Å²) in [5.41, 5.74) is 2.69. The molecule has 1 aromatic rings. The number of benzene rings is 1. The molecule has 2 rings (SSSR count). The van der Waals surface area contributed by atoms with Gasteiger partial charge in [0.05, 0.1) is 0 Å². The van der Waals surface area contributed by atoms with Crippen molar-refractivity contribution in [1.29, 1.82) is 0 Å². The first-order chi connectivity index (χ1) is 9.85. The zero-order chi connectivity index (χ0) is 14.2. The van der Waals surface area contributed by atoms with Crippen molar-refractivity contribution in [3.63, 3.8) is 0 Å². The molecule has 1 aliphatic rings. The second-order valence-corrected chi connectivity index (χ2v) is 5.70. The lowest BCUT2D eigenvalue weighted by Crippen LogP contribution is -2.29. The van der Waals surface area contributed by atoms with Gasteiger partial charge in [-0.3, -0.25) is 0 Å². The molecule has 0 radical (unpaired) electrons. The fourth-order valence-corrected chi connectivity index (χ4v) is 3.02. The minimum absolute atomic E-state index is 0.312. The van der Waals surface area contributed by atoms with Gasteiger partial charge in [0.25, 0.3) is 0 Å². The number of anilines is 1. The van der Waals surface area contributed by atoms with Crippen LogP contribution in [0.1, 0.15) is 44.6 Å². The number of hydrogen-bond donors (Lipinski definition) is 2. The first kappa shape index (κ1) is 15.3. The summed E-state index contributed by atoms with van der Waals surface area (Å²) in [5, 5.41) is 12.4. The van der Waals surface area contributed by atoms with E-state index in [4.69, 9.17) is 5.11 Å². The molecule has 1 unspecified atom stereocenters. The van der Waals surface area contributed by atoms with Crippen LogP contribution in [0.5, 0.6) is 0 Å². The Balaban J connectivity index is 1.91. The number of nitrogens with zero attached hydrogens (tertiary/aromatic N) is 1. The van der Waals surface area contributed by atoms with Crippen molar-refractivity contribution in [1.82, 2.24) is 5.32 Å². The average molecular weight is 276 g/mol. The van der Waals surface area contributed by atoms with E-state index in [1.165, 1.54) is 30.5 Å². The molecule has 1 heterocycles. The van der Waals surface area contributed by atoms with Crippen LogP contribution >= 0.6 is 0 Å². The van der Waals surface area contributed by atoms with E-state index >= 15 is 0 Å². The second-order valence-electron chi connectivity index (χ2n) is 5.70. The molecule has 0 saturated carbocycles. The van der Waals surface area contributed by atoms with Crippen LogP contribution in [-0.2, 0) is 6.54 Å². The molecule has 2 N–H and O–H groups in total. The van der Waals surface area contributed by atoms with E-state index in [1.807, 2.05) is 0 Å². The van der Waals surface area contributed by atoms with E-state index in [0.717, 1.165) is 32.5 Å². The molecule has 1 aliphatic heterocycles. The SMILES string of the molecule is CCCNCc1ccc(N2CCCC2CCCO)cc1. The summed E-state index contributed by atoms with van der Waals surface area (Å²) in [6.45, 7) is 5.70. The van der Waals surface area contributed by atoms with Crippen LogP contribution in [0.3, 0.4) is 0 Å². The van der Waals surface area contributed by atoms with Gasteiger partial charge in [0.2, 0.25) is 0 Å². The summed E-state index contributed by atoms with van der Waals surface area (Å²) in [6.07, 6.45) is 5.74. The molecule has 0 amide bonds. The Morgan fingerprint density at radius 1 is 1.30 bits per heavy atom. The standard InChI is InChI=1S/C17H28N2O/c1-2-11-18-14-15-7-9-17(10-8-15)19-12-3-5-16(19)6-4-13-20/h7-10,16,18,20H,2-6,11-14H2,1H3. The third-order valence-electron chi connectivity index (χ3n) is 4.10. The zero-order valence-electron chi connectivity index (χ0n) is 12.6. The van der Waals surface area contributed by atoms with Gasteiger partial charge in [0, 0.05) is 31.4 Å².